The first-order valence-corrected chi connectivity index (χ1v) is 10.9. The fourth-order valence-corrected chi connectivity index (χ4v) is 4.11. The number of amides is 3. The molecule has 2 heterocycles. The van der Waals surface area contributed by atoms with E-state index in [1.165, 1.54) is 6.08 Å². The van der Waals surface area contributed by atoms with Gasteiger partial charge in [-0.05, 0) is 56.4 Å². The van der Waals surface area contributed by atoms with Crippen LogP contribution in [0.25, 0.3) is 0 Å². The van der Waals surface area contributed by atoms with Gasteiger partial charge >= 0.3 is 6.03 Å². The summed E-state index contributed by atoms with van der Waals surface area (Å²) in [6.07, 6.45) is 2.29. The molecule has 1 saturated heterocycles. The molecule has 2 aromatic rings. The van der Waals surface area contributed by atoms with Crippen LogP contribution < -0.4 is 15.2 Å². The predicted molar refractivity (Wildman–Crippen MR) is 123 cm³/mol. The molecular weight excluding hydrogens is 414 g/mol. The van der Waals surface area contributed by atoms with Crippen LogP contribution in [0, 0.1) is 0 Å². The van der Waals surface area contributed by atoms with Gasteiger partial charge in [0.25, 0.3) is 5.91 Å². The molecule has 0 saturated carbocycles. The van der Waals surface area contributed by atoms with Crippen molar-refractivity contribution in [1.82, 2.24) is 15.3 Å². The SMILES string of the molecule is CCN(CC)CCCN1NC2=CC(=O)N(c3ccccc3)c3cc(Cl)ccc3N2C1=O. The number of para-hydroxylation sites is 1. The van der Waals surface area contributed by atoms with Gasteiger partial charge in [-0.1, -0.05) is 43.6 Å². The Bertz CT molecular complexity index is 1010. The molecule has 3 amide bonds. The van der Waals surface area contributed by atoms with Crippen LogP contribution in [0.1, 0.15) is 20.3 Å². The number of anilines is 3. The fourth-order valence-electron chi connectivity index (χ4n) is 3.94. The van der Waals surface area contributed by atoms with Crippen LogP contribution in [0.5, 0.6) is 0 Å². The minimum Gasteiger partial charge on any atom is -0.304 e. The average Bonchev–Trinajstić information content (AvgIpc) is 3.00. The second kappa shape index (κ2) is 8.99. The highest BCUT2D eigenvalue weighted by molar-refractivity contribution is 6.31. The first-order valence-electron chi connectivity index (χ1n) is 10.5. The highest BCUT2D eigenvalue weighted by atomic mass is 35.5. The number of fused-ring (bicyclic) bond motifs is 3. The van der Waals surface area contributed by atoms with Crippen molar-refractivity contribution in [1.29, 1.82) is 0 Å². The lowest BCUT2D eigenvalue weighted by Crippen LogP contribution is -2.38. The van der Waals surface area contributed by atoms with E-state index >= 15 is 0 Å². The quantitative estimate of drug-likeness (QED) is 0.697. The molecule has 2 aromatic carbocycles. The van der Waals surface area contributed by atoms with Gasteiger partial charge in [0.1, 0.15) is 5.82 Å². The molecule has 0 spiro atoms. The van der Waals surface area contributed by atoms with E-state index in [4.69, 9.17) is 11.6 Å². The predicted octanol–water partition coefficient (Wildman–Crippen LogP) is 4.34. The summed E-state index contributed by atoms with van der Waals surface area (Å²) < 4.78 is 0. The van der Waals surface area contributed by atoms with Gasteiger partial charge in [-0.3, -0.25) is 15.1 Å². The summed E-state index contributed by atoms with van der Waals surface area (Å²) in [5.74, 6) is 0.192. The molecule has 7 nitrogen and oxygen atoms in total. The molecule has 0 unspecified atom stereocenters. The molecule has 1 fully saturated rings. The summed E-state index contributed by atoms with van der Waals surface area (Å²) in [5, 5.41) is 2.06. The molecule has 0 aromatic heterocycles. The number of urea groups is 1. The Morgan fingerprint density at radius 2 is 1.71 bits per heavy atom. The lowest BCUT2D eigenvalue weighted by atomic mass is 10.2. The van der Waals surface area contributed by atoms with E-state index in [-0.39, 0.29) is 11.9 Å². The van der Waals surface area contributed by atoms with Gasteiger partial charge in [0.15, 0.2) is 0 Å². The van der Waals surface area contributed by atoms with Crippen LogP contribution in [0.15, 0.2) is 60.4 Å². The van der Waals surface area contributed by atoms with Crippen LogP contribution in [-0.4, -0.2) is 48.0 Å². The number of nitrogens with zero attached hydrogens (tertiary/aromatic N) is 4. The number of carbonyl (C=O) groups is 2. The standard InChI is InChI=1S/C23H26ClN5O2/c1-3-26(4-2)13-8-14-27-23(31)29-19-12-11-17(24)15-20(19)28(18-9-6-5-7-10-18)22(30)16-21(29)25-27/h5-7,9-12,15-16,25H,3-4,8,13-14H2,1-2H3. The maximum absolute atomic E-state index is 13.3. The molecule has 2 aliphatic heterocycles. The molecule has 0 aliphatic carbocycles. The summed E-state index contributed by atoms with van der Waals surface area (Å²) in [4.78, 5) is 31.9. The number of hydrazine groups is 1. The van der Waals surface area contributed by atoms with Crippen molar-refractivity contribution in [3.63, 3.8) is 0 Å². The minimum absolute atomic E-state index is 0.211. The number of halogens is 1. The summed E-state index contributed by atoms with van der Waals surface area (Å²) >= 11 is 6.27. The van der Waals surface area contributed by atoms with E-state index in [9.17, 15) is 9.59 Å². The first-order chi connectivity index (χ1) is 15.0. The van der Waals surface area contributed by atoms with Gasteiger partial charge in [0, 0.05) is 23.3 Å². The van der Waals surface area contributed by atoms with Gasteiger partial charge in [-0.15, -0.1) is 0 Å². The van der Waals surface area contributed by atoms with Crippen molar-refractivity contribution in [3.05, 3.63) is 65.5 Å². The van der Waals surface area contributed by atoms with Crippen molar-refractivity contribution >= 4 is 40.6 Å². The Kier molecular flexibility index (Phi) is 6.15. The highest BCUT2D eigenvalue weighted by Gasteiger charge is 2.39. The Balaban J connectivity index is 1.66. The van der Waals surface area contributed by atoms with Crippen molar-refractivity contribution < 1.29 is 9.59 Å². The van der Waals surface area contributed by atoms with E-state index in [0.717, 1.165) is 26.1 Å². The highest BCUT2D eigenvalue weighted by Crippen LogP contribution is 2.41. The Morgan fingerprint density at radius 1 is 0.968 bits per heavy atom. The van der Waals surface area contributed by atoms with Crippen molar-refractivity contribution in [2.24, 2.45) is 0 Å². The van der Waals surface area contributed by atoms with Crippen LogP contribution in [-0.2, 0) is 4.79 Å². The second-order valence-corrected chi connectivity index (χ2v) is 7.87. The third-order valence-corrected chi connectivity index (χ3v) is 5.81. The molecule has 1 N–H and O–H groups in total. The van der Waals surface area contributed by atoms with E-state index in [2.05, 4.69) is 24.2 Å². The number of hydrogen-bond acceptors (Lipinski definition) is 4. The average molecular weight is 440 g/mol. The van der Waals surface area contributed by atoms with Gasteiger partial charge in [-0.2, -0.15) is 0 Å². The number of carbonyl (C=O) groups excluding carboxylic acids is 2. The van der Waals surface area contributed by atoms with Crippen LogP contribution >= 0.6 is 11.6 Å². The van der Waals surface area contributed by atoms with Crippen LogP contribution in [0.2, 0.25) is 5.02 Å². The van der Waals surface area contributed by atoms with Crippen molar-refractivity contribution in [3.8, 4) is 0 Å². The molecular formula is C23H26ClN5O2. The van der Waals surface area contributed by atoms with E-state index < -0.39 is 0 Å². The van der Waals surface area contributed by atoms with E-state index in [1.54, 1.807) is 33.0 Å². The first kappa shape index (κ1) is 21.2. The van der Waals surface area contributed by atoms with Gasteiger partial charge in [0.2, 0.25) is 0 Å². The topological polar surface area (TPSA) is 59.1 Å². The minimum atomic E-state index is -0.252. The number of nitrogens with one attached hydrogen (secondary N) is 1. The summed E-state index contributed by atoms with van der Waals surface area (Å²) in [6.45, 7) is 7.67. The second-order valence-electron chi connectivity index (χ2n) is 7.43. The number of benzene rings is 2. The normalized spacial score (nSPS) is 15.6. The molecule has 2 aliphatic rings. The van der Waals surface area contributed by atoms with Crippen LogP contribution in [0.3, 0.4) is 0 Å². The van der Waals surface area contributed by atoms with Gasteiger partial charge < -0.3 is 4.90 Å². The maximum Gasteiger partial charge on any atom is 0.349 e. The summed E-state index contributed by atoms with van der Waals surface area (Å²) in [7, 11) is 0. The van der Waals surface area contributed by atoms with E-state index in [0.29, 0.717) is 34.5 Å². The molecule has 31 heavy (non-hydrogen) atoms. The summed E-state index contributed by atoms with van der Waals surface area (Å²) in [6, 6.07) is 14.3. The van der Waals surface area contributed by atoms with Gasteiger partial charge in [-0.25, -0.2) is 14.7 Å². The monoisotopic (exact) mass is 439 g/mol. The van der Waals surface area contributed by atoms with Crippen molar-refractivity contribution in [2.75, 3.05) is 36.0 Å². The fraction of sp³-hybridized carbons (Fsp3) is 0.304. The molecule has 0 radical (unpaired) electrons. The third kappa shape index (κ3) is 4.11. The molecule has 8 heteroatoms. The third-order valence-electron chi connectivity index (χ3n) is 5.58. The van der Waals surface area contributed by atoms with Gasteiger partial charge in [0.05, 0.1) is 11.4 Å². The lowest BCUT2D eigenvalue weighted by molar-refractivity contribution is -0.113. The molecule has 162 valence electrons. The van der Waals surface area contributed by atoms with Crippen molar-refractivity contribution in [2.45, 2.75) is 20.3 Å². The lowest BCUT2D eigenvalue weighted by Gasteiger charge is -2.25. The molecule has 0 atom stereocenters. The number of rotatable bonds is 7. The summed E-state index contributed by atoms with van der Waals surface area (Å²) in [5.41, 5.74) is 5.00. The number of hydrogen-bond donors (Lipinski definition) is 1. The zero-order valence-electron chi connectivity index (χ0n) is 17.7. The molecule has 4 rings (SSSR count). The Morgan fingerprint density at radius 3 is 2.42 bits per heavy atom. The Labute approximate surface area is 187 Å². The van der Waals surface area contributed by atoms with E-state index in [1.807, 2.05) is 30.3 Å². The largest absolute Gasteiger partial charge is 0.349 e. The maximum atomic E-state index is 13.3. The zero-order valence-corrected chi connectivity index (χ0v) is 18.5. The molecule has 0 bridgehead atoms. The van der Waals surface area contributed by atoms with Crippen LogP contribution in [0.4, 0.5) is 21.9 Å². The smallest absolute Gasteiger partial charge is 0.304 e. The Hall–Kier alpha value is -3.03. The zero-order chi connectivity index (χ0) is 22.0.